The zero-order valence-electron chi connectivity index (χ0n) is 11.2. The number of hydrogen-bond donors (Lipinski definition) is 0. The van der Waals surface area contributed by atoms with E-state index < -0.39 is 6.09 Å². The van der Waals surface area contributed by atoms with Crippen LogP contribution in [0.15, 0.2) is 42.5 Å². The van der Waals surface area contributed by atoms with Crippen molar-refractivity contribution in [3.05, 3.63) is 42.5 Å². The molecule has 0 heterocycles. The number of carbonyl (C=O) groups excluding carboxylic acids is 1. The van der Waals surface area contributed by atoms with E-state index in [2.05, 4.69) is 0 Å². The zero-order chi connectivity index (χ0) is 13.8. The highest BCUT2D eigenvalue weighted by atomic mass is 16.4. The largest absolute Gasteiger partial charge is 0.530 e. The van der Waals surface area contributed by atoms with Crippen molar-refractivity contribution < 1.29 is 9.90 Å². The Hall–Kier alpha value is -2.07. The van der Waals surface area contributed by atoms with E-state index in [9.17, 15) is 9.90 Å². The third kappa shape index (κ3) is 3.03. The lowest BCUT2D eigenvalue weighted by Gasteiger charge is -2.27. The highest BCUT2D eigenvalue weighted by Gasteiger charge is 2.11. The predicted octanol–water partition coefficient (Wildman–Crippen LogP) is 1.55. The third-order valence-corrected chi connectivity index (χ3v) is 3.05. The van der Waals surface area contributed by atoms with E-state index in [0.29, 0.717) is 18.8 Å². The van der Waals surface area contributed by atoms with E-state index in [1.165, 1.54) is 4.90 Å². The van der Waals surface area contributed by atoms with Gasteiger partial charge in [-0.05, 0) is 25.5 Å². The molecular formula is C15H17N2O2-. The van der Waals surface area contributed by atoms with Crippen LogP contribution in [-0.2, 0) is 0 Å². The van der Waals surface area contributed by atoms with Gasteiger partial charge >= 0.3 is 0 Å². The normalized spacial score (nSPS) is 10.9. The number of benzene rings is 2. The van der Waals surface area contributed by atoms with Crippen LogP contribution in [-0.4, -0.2) is 38.2 Å². The second-order valence-electron chi connectivity index (χ2n) is 4.72. The monoisotopic (exact) mass is 257 g/mol. The van der Waals surface area contributed by atoms with E-state index >= 15 is 0 Å². The molecule has 2 aromatic rings. The lowest BCUT2D eigenvalue weighted by Crippen LogP contribution is -2.44. The van der Waals surface area contributed by atoms with Crippen molar-refractivity contribution in [1.82, 2.24) is 4.90 Å². The van der Waals surface area contributed by atoms with Crippen molar-refractivity contribution >= 4 is 22.6 Å². The Morgan fingerprint density at radius 3 is 2.42 bits per heavy atom. The molecule has 0 spiro atoms. The first-order valence-corrected chi connectivity index (χ1v) is 6.20. The van der Waals surface area contributed by atoms with Crippen molar-refractivity contribution in [3.8, 4) is 0 Å². The lowest BCUT2D eigenvalue weighted by molar-refractivity contribution is -0.246. The number of nitrogens with zero attached hydrogens (tertiary/aromatic N) is 2. The fourth-order valence-electron chi connectivity index (χ4n) is 2.05. The van der Waals surface area contributed by atoms with Crippen LogP contribution in [0.3, 0.4) is 0 Å². The van der Waals surface area contributed by atoms with E-state index in [4.69, 9.17) is 0 Å². The zero-order valence-corrected chi connectivity index (χ0v) is 11.2. The van der Waals surface area contributed by atoms with E-state index in [1.807, 2.05) is 61.5 Å². The number of amides is 1. The van der Waals surface area contributed by atoms with Crippen molar-refractivity contribution in [2.45, 2.75) is 0 Å². The number of fused-ring (bicyclic) bond motifs is 1. The maximum atomic E-state index is 11.4. The summed E-state index contributed by atoms with van der Waals surface area (Å²) in [5, 5.41) is 13.3. The average molecular weight is 257 g/mol. The quantitative estimate of drug-likeness (QED) is 0.835. The Morgan fingerprint density at radius 2 is 1.74 bits per heavy atom. The van der Waals surface area contributed by atoms with Crippen molar-refractivity contribution in [3.63, 3.8) is 0 Å². The summed E-state index contributed by atoms with van der Waals surface area (Å²) in [7, 11) is 3.83. The van der Waals surface area contributed by atoms with Gasteiger partial charge in [-0.2, -0.15) is 0 Å². The number of carboxylic acid groups (broad SMARTS) is 1. The molecule has 0 radical (unpaired) electrons. The first kappa shape index (κ1) is 13.4. The number of hydrogen-bond acceptors (Lipinski definition) is 3. The molecule has 2 rings (SSSR count). The average Bonchev–Trinajstić information content (AvgIpc) is 2.38. The van der Waals surface area contributed by atoms with Crippen LogP contribution < -0.4 is 10.0 Å². The minimum absolute atomic E-state index is 0.392. The predicted molar refractivity (Wildman–Crippen MR) is 75.2 cm³/mol. The summed E-state index contributed by atoms with van der Waals surface area (Å²) >= 11 is 0. The molecule has 19 heavy (non-hydrogen) atoms. The first-order chi connectivity index (χ1) is 9.09. The SMILES string of the molecule is CN(C)CCN(C(=O)[O-])c1cccc2ccccc12. The molecule has 0 unspecified atom stereocenters. The molecule has 0 saturated carbocycles. The summed E-state index contributed by atoms with van der Waals surface area (Å²) in [6, 6.07) is 13.4. The molecule has 4 heteroatoms. The van der Waals surface area contributed by atoms with Crippen LogP contribution in [0.4, 0.5) is 10.5 Å². The van der Waals surface area contributed by atoms with Gasteiger partial charge in [0.2, 0.25) is 0 Å². The highest BCUT2D eigenvalue weighted by Crippen LogP contribution is 2.26. The Morgan fingerprint density at radius 1 is 1.05 bits per heavy atom. The van der Waals surface area contributed by atoms with Crippen molar-refractivity contribution in [1.29, 1.82) is 0 Å². The summed E-state index contributed by atoms with van der Waals surface area (Å²) in [5.41, 5.74) is 0.681. The van der Waals surface area contributed by atoms with Crippen molar-refractivity contribution in [2.75, 3.05) is 32.1 Å². The lowest BCUT2D eigenvalue weighted by atomic mass is 10.1. The van der Waals surface area contributed by atoms with Crippen LogP contribution in [0.2, 0.25) is 0 Å². The summed E-state index contributed by atoms with van der Waals surface area (Å²) < 4.78 is 0. The van der Waals surface area contributed by atoms with Gasteiger partial charge in [0, 0.05) is 24.2 Å². The van der Waals surface area contributed by atoms with Gasteiger partial charge in [0.05, 0.1) is 0 Å². The van der Waals surface area contributed by atoms with Gasteiger partial charge in [-0.3, -0.25) is 0 Å². The second-order valence-corrected chi connectivity index (χ2v) is 4.72. The molecule has 0 saturated heterocycles. The van der Waals surface area contributed by atoms with Crippen LogP contribution >= 0.6 is 0 Å². The Kier molecular flexibility index (Phi) is 4.02. The molecule has 1 amide bonds. The van der Waals surface area contributed by atoms with Gasteiger partial charge in [-0.1, -0.05) is 36.4 Å². The maximum Gasteiger partial charge on any atom is 0.141 e. The minimum Gasteiger partial charge on any atom is -0.530 e. The third-order valence-electron chi connectivity index (χ3n) is 3.05. The van der Waals surface area contributed by atoms with E-state index in [-0.39, 0.29) is 0 Å². The van der Waals surface area contributed by atoms with Gasteiger partial charge in [0.25, 0.3) is 0 Å². The van der Waals surface area contributed by atoms with Gasteiger partial charge in [0.15, 0.2) is 0 Å². The molecule has 0 N–H and O–H groups in total. The van der Waals surface area contributed by atoms with Gasteiger partial charge in [0.1, 0.15) is 6.09 Å². The molecule has 0 bridgehead atoms. The summed E-state index contributed by atoms with van der Waals surface area (Å²) in [4.78, 5) is 14.6. The summed E-state index contributed by atoms with van der Waals surface area (Å²) in [6.07, 6.45) is -1.17. The van der Waals surface area contributed by atoms with Crippen LogP contribution in [0.25, 0.3) is 10.8 Å². The van der Waals surface area contributed by atoms with Crippen LogP contribution in [0, 0.1) is 0 Å². The van der Waals surface area contributed by atoms with Gasteiger partial charge in [-0.15, -0.1) is 0 Å². The fraction of sp³-hybridized carbons (Fsp3) is 0.267. The molecule has 4 nitrogen and oxygen atoms in total. The van der Waals surface area contributed by atoms with E-state index in [1.54, 1.807) is 0 Å². The number of anilines is 1. The number of carbonyl (C=O) groups is 1. The topological polar surface area (TPSA) is 46.6 Å². The molecule has 100 valence electrons. The highest BCUT2D eigenvalue weighted by molar-refractivity contribution is 6.00. The smallest absolute Gasteiger partial charge is 0.141 e. The molecule has 0 aliphatic heterocycles. The van der Waals surface area contributed by atoms with Gasteiger partial charge in [-0.25, -0.2) is 0 Å². The molecule has 2 aromatic carbocycles. The molecule has 0 atom stereocenters. The van der Waals surface area contributed by atoms with E-state index in [0.717, 1.165) is 10.8 Å². The number of rotatable bonds is 4. The first-order valence-electron chi connectivity index (χ1n) is 6.20. The molecular weight excluding hydrogens is 240 g/mol. The van der Waals surface area contributed by atoms with Crippen molar-refractivity contribution in [2.24, 2.45) is 0 Å². The molecule has 0 aromatic heterocycles. The Labute approximate surface area is 112 Å². The van der Waals surface area contributed by atoms with Crippen LogP contribution in [0.5, 0.6) is 0 Å². The minimum atomic E-state index is -1.17. The number of likely N-dealkylation sites (N-methyl/N-ethyl adjacent to an activating group) is 1. The summed E-state index contributed by atoms with van der Waals surface area (Å²) in [6.45, 7) is 1.04. The standard InChI is InChI=1S/C15H18N2O2/c1-16(2)10-11-17(15(18)19)14-9-5-7-12-6-3-4-8-13(12)14/h3-9H,10-11H2,1-2H3,(H,18,19)/p-1. The van der Waals surface area contributed by atoms with Gasteiger partial charge < -0.3 is 19.7 Å². The molecule has 0 aliphatic carbocycles. The fourth-order valence-corrected chi connectivity index (χ4v) is 2.05. The Balaban J connectivity index is 2.41. The molecule has 0 fully saturated rings. The summed E-state index contributed by atoms with van der Waals surface area (Å²) in [5.74, 6) is 0. The second kappa shape index (κ2) is 5.71. The maximum absolute atomic E-state index is 11.4. The Bertz CT molecular complexity index is 576. The van der Waals surface area contributed by atoms with Crippen LogP contribution in [0.1, 0.15) is 0 Å². The molecule has 0 aliphatic rings.